The summed E-state index contributed by atoms with van der Waals surface area (Å²) in [5.41, 5.74) is 0. The third-order valence-corrected chi connectivity index (χ3v) is 6.39. The van der Waals surface area contributed by atoms with Crippen LogP contribution in [0.15, 0.2) is 18.2 Å². The van der Waals surface area contributed by atoms with Crippen molar-refractivity contribution in [2.75, 3.05) is 0 Å². The molecule has 0 amide bonds. The summed E-state index contributed by atoms with van der Waals surface area (Å²) >= 11 is 0. The van der Waals surface area contributed by atoms with E-state index in [9.17, 15) is 52.7 Å². The minimum Gasteiger partial charge on any atom is -0.402 e. The fraction of sp³-hybridized carbons (Fsp3) is 0. The number of hydrogen-bond acceptors (Lipinski definition) is 3. The van der Waals surface area contributed by atoms with Gasteiger partial charge in [-0.1, -0.05) is 0 Å². The van der Waals surface area contributed by atoms with Crippen LogP contribution in [0.25, 0.3) is 0 Å². The highest BCUT2D eigenvalue weighted by atomic mass is 31.1. The third-order valence-electron chi connectivity index (χ3n) is 3.97. The molecule has 0 saturated heterocycles. The number of benzene rings is 3. The van der Waals surface area contributed by atoms with Crippen LogP contribution in [0.4, 0.5) is 52.7 Å². The van der Waals surface area contributed by atoms with E-state index < -0.39 is 101 Å². The van der Waals surface area contributed by atoms with E-state index in [0.29, 0.717) is 0 Å². The largest absolute Gasteiger partial charge is 0.631 e. The zero-order valence-electron chi connectivity index (χ0n) is 16.1. The Balaban J connectivity index is 0.00000100. The second-order valence-corrected chi connectivity index (χ2v) is 8.26. The first-order valence-corrected chi connectivity index (χ1v) is 9.79. The number of hydrogen-bond donors (Lipinski definition) is 3. The van der Waals surface area contributed by atoms with E-state index in [0.717, 1.165) is 0 Å². The molecule has 0 saturated carbocycles. The minimum atomic E-state index is -3.71. The van der Waals surface area contributed by atoms with Gasteiger partial charge in [-0.3, -0.25) is 0 Å². The lowest BCUT2D eigenvalue weighted by molar-refractivity contribution is 0.278. The summed E-state index contributed by atoms with van der Waals surface area (Å²) in [5.74, 6) is -28.2. The summed E-state index contributed by atoms with van der Waals surface area (Å²) in [7, 11) is -5.87. The topological polar surface area (TPSA) is 60.7 Å². The predicted molar refractivity (Wildman–Crippen MR) is 97.1 cm³/mol. The first kappa shape index (κ1) is 28.4. The van der Waals surface area contributed by atoms with Crippen LogP contribution in [-0.2, 0) is 0 Å². The van der Waals surface area contributed by atoms with E-state index in [1.165, 1.54) is 0 Å². The molecule has 0 atom stereocenters. The molecule has 0 bridgehead atoms. The summed E-state index contributed by atoms with van der Waals surface area (Å²) in [6, 6.07) is -0.552. The van der Waals surface area contributed by atoms with E-state index in [2.05, 4.69) is 0 Å². The minimum absolute atomic E-state index is 0.184. The third kappa shape index (κ3) is 5.55. The van der Waals surface area contributed by atoms with Crippen LogP contribution in [0.5, 0.6) is 0 Å². The number of halogens is 12. The molecule has 0 aliphatic carbocycles. The Hall–Kier alpha value is -2.81. The van der Waals surface area contributed by atoms with Crippen molar-refractivity contribution < 1.29 is 67.8 Å². The van der Waals surface area contributed by atoms with Crippen molar-refractivity contribution >= 4 is 31.2 Å². The molecule has 3 aromatic rings. The molecular weight excluding hydrogens is 534 g/mol. The van der Waals surface area contributed by atoms with Crippen LogP contribution in [0.2, 0.25) is 0 Å². The molecule has 0 radical (unpaired) electrons. The van der Waals surface area contributed by atoms with Crippen molar-refractivity contribution in [3.63, 3.8) is 0 Å². The van der Waals surface area contributed by atoms with Crippen molar-refractivity contribution in [1.82, 2.24) is 0 Å². The van der Waals surface area contributed by atoms with Gasteiger partial charge in [-0.15, -0.1) is 0 Å². The summed E-state index contributed by atoms with van der Waals surface area (Å²) in [6.45, 7) is 0. The molecule has 0 aliphatic rings. The molecule has 3 N–H and O–H groups in total. The normalized spacial score (nSPS) is 11.0. The molecule has 3 rings (SSSR count). The fourth-order valence-electron chi connectivity index (χ4n) is 2.56. The van der Waals surface area contributed by atoms with Gasteiger partial charge in [0.25, 0.3) is 0 Å². The van der Waals surface area contributed by atoms with Gasteiger partial charge in [0.15, 0.2) is 69.8 Å². The van der Waals surface area contributed by atoms with Gasteiger partial charge in [-0.2, -0.15) is 0 Å². The maximum absolute atomic E-state index is 14.4. The van der Waals surface area contributed by atoms with Crippen molar-refractivity contribution in [3.8, 4) is 0 Å². The second kappa shape index (κ2) is 10.9. The van der Waals surface area contributed by atoms with Gasteiger partial charge in [-0.25, -0.2) is 52.7 Å². The summed E-state index contributed by atoms with van der Waals surface area (Å²) in [5, 5.41) is 16.9. The van der Waals surface area contributed by atoms with E-state index in [1.807, 2.05) is 0 Å². The van der Waals surface area contributed by atoms with Crippen LogP contribution >= 0.6 is 7.92 Å². The Morgan fingerprint density at radius 3 is 0.800 bits per heavy atom. The summed E-state index contributed by atoms with van der Waals surface area (Å²) in [6.07, 6.45) is 0. The highest BCUT2D eigenvalue weighted by molar-refractivity contribution is 7.79. The Kier molecular flexibility index (Phi) is 8.82. The van der Waals surface area contributed by atoms with Gasteiger partial charge < -0.3 is 15.1 Å². The predicted octanol–water partition coefficient (Wildman–Crippen LogP) is 3.06. The fourth-order valence-corrected chi connectivity index (χ4v) is 4.95. The molecule has 0 aliphatic heterocycles. The Labute approximate surface area is 187 Å². The van der Waals surface area contributed by atoms with Crippen LogP contribution in [0.3, 0.4) is 0 Å². The van der Waals surface area contributed by atoms with Gasteiger partial charge in [0, 0.05) is 15.9 Å². The van der Waals surface area contributed by atoms with Crippen LogP contribution in [-0.4, -0.2) is 22.4 Å². The van der Waals surface area contributed by atoms with Gasteiger partial charge in [0.05, 0.1) is 0 Å². The standard InChI is InChI=1S/C18H3F12P.BH3O3/c19-4-1-7(13(25)16(28)10(4)22)31(8-2-5(20)11(23)17(29)14(8)26)9-3-6(21)12(24)18(30)15(9)27;2-1(3)4/h1-3H;2-4H. The molecular formula is C18H6BF12O3P. The summed E-state index contributed by atoms with van der Waals surface area (Å²) < 4.78 is 165. The molecule has 3 nitrogen and oxygen atoms in total. The maximum Gasteiger partial charge on any atom is 0.631 e. The molecule has 0 unspecified atom stereocenters. The van der Waals surface area contributed by atoms with Crippen molar-refractivity contribution in [1.29, 1.82) is 0 Å². The van der Waals surface area contributed by atoms with Gasteiger partial charge >= 0.3 is 7.32 Å². The Morgan fingerprint density at radius 2 is 0.600 bits per heavy atom. The van der Waals surface area contributed by atoms with Crippen LogP contribution in [0, 0.1) is 69.8 Å². The average Bonchev–Trinajstić information content (AvgIpc) is 2.79. The molecule has 0 spiro atoms. The first-order valence-electron chi connectivity index (χ1n) is 8.45. The lowest BCUT2D eigenvalue weighted by Crippen LogP contribution is -2.31. The lowest BCUT2D eigenvalue weighted by Gasteiger charge is -2.22. The van der Waals surface area contributed by atoms with E-state index in [4.69, 9.17) is 15.1 Å². The second-order valence-electron chi connectivity index (χ2n) is 6.14. The molecule has 0 fully saturated rings. The van der Waals surface area contributed by atoms with Gasteiger partial charge in [0.2, 0.25) is 0 Å². The molecule has 0 heterocycles. The maximum atomic E-state index is 14.4. The highest BCUT2D eigenvalue weighted by Crippen LogP contribution is 2.39. The average molecular weight is 540 g/mol. The smallest absolute Gasteiger partial charge is 0.402 e. The first-order chi connectivity index (χ1) is 16.1. The molecule has 3 aromatic carbocycles. The van der Waals surface area contributed by atoms with Crippen molar-refractivity contribution in [3.05, 3.63) is 88.0 Å². The Bertz CT molecular complexity index is 1140. The monoisotopic (exact) mass is 540 g/mol. The zero-order valence-corrected chi connectivity index (χ0v) is 17.0. The SMILES string of the molecule is Fc1cc(P(c2cc(F)c(F)c(F)c2F)c2cc(F)c(F)c(F)c2F)c(F)c(F)c1F.OB(O)O. The quantitative estimate of drug-likeness (QED) is 0.158. The van der Waals surface area contributed by atoms with E-state index in [-0.39, 0.29) is 18.2 Å². The summed E-state index contributed by atoms with van der Waals surface area (Å²) in [4.78, 5) is 0. The van der Waals surface area contributed by atoms with Crippen molar-refractivity contribution in [2.45, 2.75) is 0 Å². The van der Waals surface area contributed by atoms with Crippen molar-refractivity contribution in [2.24, 2.45) is 0 Å². The highest BCUT2D eigenvalue weighted by Gasteiger charge is 2.35. The van der Waals surface area contributed by atoms with E-state index >= 15 is 0 Å². The van der Waals surface area contributed by atoms with Gasteiger partial charge in [0.1, 0.15) is 0 Å². The molecule has 0 aromatic heterocycles. The van der Waals surface area contributed by atoms with Crippen LogP contribution in [0.1, 0.15) is 0 Å². The zero-order chi connectivity index (χ0) is 26.9. The molecule has 17 heteroatoms. The molecule has 35 heavy (non-hydrogen) atoms. The van der Waals surface area contributed by atoms with Gasteiger partial charge in [-0.05, 0) is 26.1 Å². The number of rotatable bonds is 3. The van der Waals surface area contributed by atoms with Crippen LogP contribution < -0.4 is 15.9 Å². The Morgan fingerprint density at radius 1 is 0.400 bits per heavy atom. The molecule has 188 valence electrons. The lowest BCUT2D eigenvalue weighted by atomic mass is 10.3. The van der Waals surface area contributed by atoms with E-state index in [1.54, 1.807) is 0 Å².